The smallest absolute Gasteiger partial charge is 0.134 e. The molecule has 0 fully saturated rings. The van der Waals surface area contributed by atoms with Gasteiger partial charge in [-0.1, -0.05) is 46.5 Å². The van der Waals surface area contributed by atoms with E-state index in [4.69, 9.17) is 9.47 Å². The van der Waals surface area contributed by atoms with E-state index < -0.39 is 0 Å². The lowest BCUT2D eigenvalue weighted by atomic mass is 9.83. The highest BCUT2D eigenvalue weighted by Crippen LogP contribution is 2.54. The Labute approximate surface area is 163 Å². The summed E-state index contributed by atoms with van der Waals surface area (Å²) >= 11 is 1.94. The Morgan fingerprint density at radius 2 is 2.00 bits per heavy atom. The summed E-state index contributed by atoms with van der Waals surface area (Å²) in [6, 6.07) is 4.54. The first-order valence-electron chi connectivity index (χ1n) is 10.2. The lowest BCUT2D eigenvalue weighted by Crippen LogP contribution is -2.32. The average Bonchev–Trinajstić information content (AvgIpc) is 3.10. The van der Waals surface area contributed by atoms with E-state index in [9.17, 15) is 0 Å². The van der Waals surface area contributed by atoms with Crippen LogP contribution in [0.15, 0.2) is 17.0 Å². The number of ether oxygens (including phenoxy) is 2. The summed E-state index contributed by atoms with van der Waals surface area (Å²) in [6.45, 7) is 11.4. The fourth-order valence-electron chi connectivity index (χ4n) is 4.26. The van der Waals surface area contributed by atoms with Gasteiger partial charge in [0.1, 0.15) is 17.1 Å². The monoisotopic (exact) mass is 374 g/mol. The van der Waals surface area contributed by atoms with Crippen molar-refractivity contribution in [1.29, 1.82) is 0 Å². The summed E-state index contributed by atoms with van der Waals surface area (Å²) in [7, 11) is 1.79. The molecule has 3 heteroatoms. The Kier molecular flexibility index (Phi) is 5.96. The van der Waals surface area contributed by atoms with Gasteiger partial charge in [-0.3, -0.25) is 0 Å². The maximum atomic E-state index is 6.49. The molecule has 0 amide bonds. The van der Waals surface area contributed by atoms with Gasteiger partial charge in [0.15, 0.2) is 0 Å². The van der Waals surface area contributed by atoms with Crippen LogP contribution in [0.4, 0.5) is 0 Å². The van der Waals surface area contributed by atoms with Gasteiger partial charge in [0.25, 0.3) is 0 Å². The number of allylic oxidation sites excluding steroid dienone is 1. The molecule has 0 aromatic heterocycles. The van der Waals surface area contributed by atoms with Crippen LogP contribution < -0.4 is 9.47 Å². The van der Waals surface area contributed by atoms with Crippen molar-refractivity contribution in [3.8, 4) is 11.5 Å². The number of rotatable bonds is 7. The first-order chi connectivity index (χ1) is 12.4. The molecule has 144 valence electrons. The molecule has 0 N–H and O–H groups in total. The van der Waals surface area contributed by atoms with Crippen LogP contribution >= 0.6 is 11.8 Å². The molecule has 2 atom stereocenters. The summed E-state index contributed by atoms with van der Waals surface area (Å²) in [6.07, 6.45) is 6.33. The Morgan fingerprint density at radius 3 is 2.69 bits per heavy atom. The minimum absolute atomic E-state index is 0.233. The van der Waals surface area contributed by atoms with Crippen molar-refractivity contribution in [3.05, 3.63) is 28.2 Å². The van der Waals surface area contributed by atoms with Crippen LogP contribution in [0.25, 0.3) is 5.57 Å². The number of thioether (sulfide) groups is 1. The Hall–Kier alpha value is -1.09. The van der Waals surface area contributed by atoms with Gasteiger partial charge in [-0.05, 0) is 55.4 Å². The molecule has 0 aliphatic carbocycles. The zero-order chi connectivity index (χ0) is 18.9. The highest BCUT2D eigenvalue weighted by molar-refractivity contribution is 8.03. The number of methoxy groups -OCH3 is 1. The van der Waals surface area contributed by atoms with Crippen molar-refractivity contribution >= 4 is 17.3 Å². The predicted octanol–water partition coefficient (Wildman–Crippen LogP) is 7.03. The van der Waals surface area contributed by atoms with E-state index in [1.54, 1.807) is 7.11 Å². The quantitative estimate of drug-likeness (QED) is 0.477. The van der Waals surface area contributed by atoms with Crippen LogP contribution in [0.3, 0.4) is 0 Å². The number of hydrogen-bond donors (Lipinski definition) is 0. The normalized spacial score (nSPS) is 20.2. The van der Waals surface area contributed by atoms with E-state index in [-0.39, 0.29) is 5.60 Å². The van der Waals surface area contributed by atoms with Crippen LogP contribution in [0.5, 0.6) is 11.5 Å². The van der Waals surface area contributed by atoms with Crippen LogP contribution in [0.2, 0.25) is 0 Å². The van der Waals surface area contributed by atoms with Gasteiger partial charge in [0, 0.05) is 10.7 Å². The minimum atomic E-state index is -0.233. The van der Waals surface area contributed by atoms with Gasteiger partial charge in [-0.15, -0.1) is 11.8 Å². The molecule has 1 aromatic rings. The fourth-order valence-corrected chi connectivity index (χ4v) is 5.54. The topological polar surface area (TPSA) is 18.5 Å². The van der Waals surface area contributed by atoms with Crippen LogP contribution in [-0.2, 0) is 0 Å². The van der Waals surface area contributed by atoms with Gasteiger partial charge in [0.2, 0.25) is 0 Å². The Balaban J connectivity index is 1.95. The molecule has 26 heavy (non-hydrogen) atoms. The molecule has 0 radical (unpaired) electrons. The number of unbranched alkanes of at least 4 members (excludes halogenated alkanes) is 2. The second-order valence-electron chi connectivity index (χ2n) is 8.38. The molecule has 0 bridgehead atoms. The molecule has 2 nitrogen and oxygen atoms in total. The molecule has 3 rings (SSSR count). The first-order valence-corrected chi connectivity index (χ1v) is 11.1. The Bertz CT molecular complexity index is 690. The van der Waals surface area contributed by atoms with Crippen LogP contribution in [-0.4, -0.2) is 18.5 Å². The third kappa shape index (κ3) is 3.65. The van der Waals surface area contributed by atoms with E-state index in [2.05, 4.69) is 46.8 Å². The van der Waals surface area contributed by atoms with Gasteiger partial charge >= 0.3 is 0 Å². The minimum Gasteiger partial charge on any atom is -0.496 e. The summed E-state index contributed by atoms with van der Waals surface area (Å²) in [5, 5.41) is 0. The zero-order valence-electron chi connectivity index (χ0n) is 17.3. The van der Waals surface area contributed by atoms with Crippen molar-refractivity contribution in [2.75, 3.05) is 12.9 Å². The molecular weight excluding hydrogens is 340 g/mol. The lowest BCUT2D eigenvalue weighted by molar-refractivity contribution is 0.153. The van der Waals surface area contributed by atoms with E-state index >= 15 is 0 Å². The average molecular weight is 375 g/mol. The summed E-state index contributed by atoms with van der Waals surface area (Å²) in [4.78, 5) is 1.39. The molecule has 2 heterocycles. The van der Waals surface area contributed by atoms with Crippen molar-refractivity contribution in [2.45, 2.75) is 78.2 Å². The van der Waals surface area contributed by atoms with Crippen molar-refractivity contribution in [2.24, 2.45) is 5.92 Å². The largest absolute Gasteiger partial charge is 0.496 e. The molecular formula is C23H34O2S. The van der Waals surface area contributed by atoms with Gasteiger partial charge in [-0.2, -0.15) is 0 Å². The van der Waals surface area contributed by atoms with E-state index in [0.717, 1.165) is 23.7 Å². The van der Waals surface area contributed by atoms with Gasteiger partial charge in [0.05, 0.1) is 12.7 Å². The standard InChI is InChI=1S/C23H34O2S/c1-7-8-9-10-15(2)16(3)17-13-19(24-6)21-18-11-12-26-22(18)23(4,5)25-20(21)14-17/h13-16H,7-12H2,1-6H3. The molecule has 0 saturated carbocycles. The lowest BCUT2D eigenvalue weighted by Gasteiger charge is -2.35. The van der Waals surface area contributed by atoms with Crippen LogP contribution in [0, 0.1) is 5.92 Å². The predicted molar refractivity (Wildman–Crippen MR) is 113 cm³/mol. The molecule has 2 aliphatic rings. The fraction of sp³-hybridized carbons (Fsp3) is 0.652. The number of benzene rings is 1. The Morgan fingerprint density at radius 1 is 1.23 bits per heavy atom. The SMILES string of the molecule is CCCCCC(C)C(C)c1cc(OC)c2c(c1)OC(C)(C)C1=C2CCS1. The van der Waals surface area contributed by atoms with Crippen molar-refractivity contribution in [1.82, 2.24) is 0 Å². The second-order valence-corrected chi connectivity index (χ2v) is 9.48. The number of fused-ring (bicyclic) bond motifs is 2. The molecule has 0 saturated heterocycles. The number of hydrogen-bond acceptors (Lipinski definition) is 3. The van der Waals surface area contributed by atoms with E-state index in [0.29, 0.717) is 11.8 Å². The molecule has 2 aliphatic heterocycles. The van der Waals surface area contributed by atoms with Crippen molar-refractivity contribution < 1.29 is 9.47 Å². The maximum absolute atomic E-state index is 6.49. The van der Waals surface area contributed by atoms with E-state index in [1.807, 2.05) is 11.8 Å². The molecule has 1 aromatic carbocycles. The first kappa shape index (κ1) is 19.7. The maximum Gasteiger partial charge on any atom is 0.134 e. The molecule has 2 unspecified atom stereocenters. The summed E-state index contributed by atoms with van der Waals surface area (Å²) in [5.74, 6) is 4.31. The van der Waals surface area contributed by atoms with E-state index in [1.165, 1.54) is 47.3 Å². The third-order valence-electron chi connectivity index (χ3n) is 6.04. The third-order valence-corrected chi connectivity index (χ3v) is 7.47. The zero-order valence-corrected chi connectivity index (χ0v) is 18.1. The highest BCUT2D eigenvalue weighted by Gasteiger charge is 2.39. The molecule has 0 spiro atoms. The summed E-state index contributed by atoms with van der Waals surface area (Å²) in [5.41, 5.74) is 3.74. The van der Waals surface area contributed by atoms with Gasteiger partial charge in [-0.25, -0.2) is 0 Å². The van der Waals surface area contributed by atoms with Gasteiger partial charge < -0.3 is 9.47 Å². The second kappa shape index (κ2) is 7.88. The summed E-state index contributed by atoms with van der Waals surface area (Å²) < 4.78 is 12.3. The van der Waals surface area contributed by atoms with Crippen LogP contribution in [0.1, 0.15) is 83.8 Å². The highest BCUT2D eigenvalue weighted by atomic mass is 32.2. The van der Waals surface area contributed by atoms with Crippen molar-refractivity contribution in [3.63, 3.8) is 0 Å².